The smallest absolute Gasteiger partial charge is 0.287 e. The Morgan fingerprint density at radius 3 is 2.65 bits per heavy atom. The molecular formula is C20H28N4O2. The Balaban J connectivity index is 1.81. The number of rotatable bonds is 6. The second kappa shape index (κ2) is 8.83. The van der Waals surface area contributed by atoms with Crippen molar-refractivity contribution in [1.82, 2.24) is 20.0 Å². The Morgan fingerprint density at radius 1 is 1.15 bits per heavy atom. The van der Waals surface area contributed by atoms with Gasteiger partial charge in [-0.05, 0) is 31.4 Å². The topological polar surface area (TPSA) is 75.5 Å². The zero-order chi connectivity index (χ0) is 18.4. The van der Waals surface area contributed by atoms with Gasteiger partial charge in [0.2, 0.25) is 5.82 Å². The fraction of sp³-hybridized carbons (Fsp3) is 0.550. The first kappa shape index (κ1) is 18.4. The molecule has 0 unspecified atom stereocenters. The second-order valence-electron chi connectivity index (χ2n) is 7.01. The SMILES string of the molecule is CCCCNC(=O)c1nc(C(=O)NC2CCCCCC2)c2ccccn12. The van der Waals surface area contributed by atoms with Gasteiger partial charge in [0, 0.05) is 18.8 Å². The average molecular weight is 356 g/mol. The number of amides is 2. The third-order valence-corrected chi connectivity index (χ3v) is 4.97. The molecule has 0 bridgehead atoms. The zero-order valence-electron chi connectivity index (χ0n) is 15.5. The number of imidazole rings is 1. The Morgan fingerprint density at radius 2 is 1.92 bits per heavy atom. The minimum absolute atomic E-state index is 0.187. The van der Waals surface area contributed by atoms with Gasteiger partial charge in [-0.1, -0.05) is 45.1 Å². The van der Waals surface area contributed by atoms with Gasteiger partial charge < -0.3 is 10.6 Å². The van der Waals surface area contributed by atoms with Gasteiger partial charge in [-0.15, -0.1) is 0 Å². The van der Waals surface area contributed by atoms with Crippen molar-refractivity contribution in [3.8, 4) is 0 Å². The number of nitrogens with zero attached hydrogens (tertiary/aromatic N) is 2. The molecule has 6 nitrogen and oxygen atoms in total. The van der Waals surface area contributed by atoms with E-state index >= 15 is 0 Å². The lowest BCUT2D eigenvalue weighted by atomic mass is 10.1. The van der Waals surface area contributed by atoms with E-state index in [4.69, 9.17) is 0 Å². The van der Waals surface area contributed by atoms with E-state index in [1.807, 2.05) is 18.2 Å². The summed E-state index contributed by atoms with van der Waals surface area (Å²) in [5.74, 6) is -0.163. The van der Waals surface area contributed by atoms with Crippen LogP contribution >= 0.6 is 0 Å². The van der Waals surface area contributed by atoms with Crippen LogP contribution in [0.5, 0.6) is 0 Å². The molecule has 2 N–H and O–H groups in total. The van der Waals surface area contributed by atoms with Crippen molar-refractivity contribution in [2.75, 3.05) is 6.54 Å². The second-order valence-corrected chi connectivity index (χ2v) is 7.01. The molecule has 1 aliphatic rings. The molecule has 1 fully saturated rings. The summed E-state index contributed by atoms with van der Waals surface area (Å²) < 4.78 is 1.70. The van der Waals surface area contributed by atoms with E-state index in [0.29, 0.717) is 17.8 Å². The third kappa shape index (κ3) is 4.23. The first-order valence-electron chi connectivity index (χ1n) is 9.77. The van der Waals surface area contributed by atoms with Crippen LogP contribution in [0.3, 0.4) is 0 Å². The van der Waals surface area contributed by atoms with E-state index in [1.54, 1.807) is 10.6 Å². The minimum Gasteiger partial charge on any atom is -0.349 e. The number of hydrogen-bond donors (Lipinski definition) is 2. The van der Waals surface area contributed by atoms with Gasteiger partial charge in [-0.3, -0.25) is 14.0 Å². The number of pyridine rings is 1. The van der Waals surface area contributed by atoms with Crippen molar-refractivity contribution in [3.63, 3.8) is 0 Å². The number of aromatic nitrogens is 2. The zero-order valence-corrected chi connectivity index (χ0v) is 15.5. The maximum Gasteiger partial charge on any atom is 0.287 e. The lowest BCUT2D eigenvalue weighted by molar-refractivity contribution is 0.0930. The van der Waals surface area contributed by atoms with Gasteiger partial charge in [0.1, 0.15) is 0 Å². The van der Waals surface area contributed by atoms with E-state index < -0.39 is 0 Å². The summed E-state index contributed by atoms with van der Waals surface area (Å²) in [5, 5.41) is 6.01. The number of nitrogens with one attached hydrogen (secondary N) is 2. The first-order valence-corrected chi connectivity index (χ1v) is 9.77. The fourth-order valence-electron chi connectivity index (χ4n) is 3.50. The standard InChI is InChI=1S/C20H28N4O2/c1-2-3-13-21-20(26)18-23-17(16-12-8-9-14-24(16)18)19(25)22-15-10-6-4-5-7-11-15/h8-9,12,14-15H,2-7,10-11,13H2,1H3,(H,21,26)(H,22,25). The molecule has 0 saturated heterocycles. The molecule has 3 rings (SSSR count). The largest absolute Gasteiger partial charge is 0.349 e. The molecule has 1 aliphatic carbocycles. The number of carbonyl (C=O) groups is 2. The van der Waals surface area contributed by atoms with Crippen molar-refractivity contribution in [2.45, 2.75) is 64.3 Å². The van der Waals surface area contributed by atoms with Crippen molar-refractivity contribution in [3.05, 3.63) is 35.9 Å². The van der Waals surface area contributed by atoms with Crippen molar-refractivity contribution >= 4 is 17.3 Å². The molecule has 2 aromatic heterocycles. The molecule has 0 radical (unpaired) electrons. The highest BCUT2D eigenvalue weighted by Gasteiger charge is 2.23. The van der Waals surface area contributed by atoms with Crippen molar-refractivity contribution < 1.29 is 9.59 Å². The number of fused-ring (bicyclic) bond motifs is 1. The van der Waals surface area contributed by atoms with Gasteiger partial charge in [0.05, 0.1) is 5.52 Å². The molecule has 140 valence electrons. The number of unbranched alkanes of at least 4 members (excludes halogenated alkanes) is 1. The van der Waals surface area contributed by atoms with Crippen LogP contribution < -0.4 is 10.6 Å². The molecule has 6 heteroatoms. The maximum atomic E-state index is 12.8. The van der Waals surface area contributed by atoms with Crippen LogP contribution in [0.1, 0.15) is 79.4 Å². The molecule has 2 aromatic rings. The highest BCUT2D eigenvalue weighted by atomic mass is 16.2. The molecule has 0 atom stereocenters. The Labute approximate surface area is 154 Å². The first-order chi connectivity index (χ1) is 12.7. The molecule has 2 amide bonds. The van der Waals surface area contributed by atoms with Crippen LogP contribution in [0.15, 0.2) is 24.4 Å². The van der Waals surface area contributed by atoms with Gasteiger partial charge in [0.25, 0.3) is 11.8 Å². The van der Waals surface area contributed by atoms with E-state index in [1.165, 1.54) is 12.8 Å². The summed E-state index contributed by atoms with van der Waals surface area (Å²) in [6.45, 7) is 2.69. The third-order valence-electron chi connectivity index (χ3n) is 4.97. The minimum atomic E-state index is -0.242. The molecular weight excluding hydrogens is 328 g/mol. The number of carbonyl (C=O) groups excluding carboxylic acids is 2. The van der Waals surface area contributed by atoms with E-state index in [-0.39, 0.29) is 23.7 Å². The molecule has 1 saturated carbocycles. The van der Waals surface area contributed by atoms with Gasteiger partial charge in [0.15, 0.2) is 5.69 Å². The lowest BCUT2D eigenvalue weighted by Gasteiger charge is -2.15. The molecule has 0 aliphatic heterocycles. The van der Waals surface area contributed by atoms with E-state index in [0.717, 1.165) is 38.5 Å². The highest BCUT2D eigenvalue weighted by molar-refractivity contribution is 6.02. The fourth-order valence-corrected chi connectivity index (χ4v) is 3.50. The molecule has 2 heterocycles. The Kier molecular flexibility index (Phi) is 6.26. The quantitative estimate of drug-likeness (QED) is 0.616. The summed E-state index contributed by atoms with van der Waals surface area (Å²) in [4.78, 5) is 29.7. The van der Waals surface area contributed by atoms with Gasteiger partial charge in [-0.2, -0.15) is 0 Å². The summed E-state index contributed by atoms with van der Waals surface area (Å²) >= 11 is 0. The van der Waals surface area contributed by atoms with Gasteiger partial charge in [-0.25, -0.2) is 4.98 Å². The summed E-state index contributed by atoms with van der Waals surface area (Å²) in [6, 6.07) is 5.73. The average Bonchev–Trinajstić information content (AvgIpc) is 2.85. The summed E-state index contributed by atoms with van der Waals surface area (Å²) in [5.41, 5.74) is 0.995. The van der Waals surface area contributed by atoms with Crippen molar-refractivity contribution in [2.24, 2.45) is 0 Å². The maximum absolute atomic E-state index is 12.8. The van der Waals surface area contributed by atoms with Crippen LogP contribution in [0, 0.1) is 0 Å². The molecule has 26 heavy (non-hydrogen) atoms. The van der Waals surface area contributed by atoms with Gasteiger partial charge >= 0.3 is 0 Å². The van der Waals surface area contributed by atoms with E-state index in [2.05, 4.69) is 22.5 Å². The highest BCUT2D eigenvalue weighted by Crippen LogP contribution is 2.19. The predicted molar refractivity (Wildman–Crippen MR) is 101 cm³/mol. The van der Waals surface area contributed by atoms with Crippen LogP contribution in [0.2, 0.25) is 0 Å². The monoisotopic (exact) mass is 356 g/mol. The summed E-state index contributed by atoms with van der Waals surface area (Å²) in [6.07, 6.45) is 10.5. The lowest BCUT2D eigenvalue weighted by Crippen LogP contribution is -2.34. The number of hydrogen-bond acceptors (Lipinski definition) is 3. The Bertz CT molecular complexity index is 760. The normalized spacial score (nSPS) is 15.6. The van der Waals surface area contributed by atoms with Crippen LogP contribution in [-0.4, -0.2) is 33.8 Å². The molecule has 0 aromatic carbocycles. The molecule has 0 spiro atoms. The van der Waals surface area contributed by atoms with Crippen LogP contribution in [0.4, 0.5) is 0 Å². The Hall–Kier alpha value is -2.37. The van der Waals surface area contributed by atoms with Crippen molar-refractivity contribution in [1.29, 1.82) is 0 Å². The predicted octanol–water partition coefficient (Wildman–Crippen LogP) is 3.32. The summed E-state index contributed by atoms with van der Waals surface area (Å²) in [7, 11) is 0. The van der Waals surface area contributed by atoms with E-state index in [9.17, 15) is 9.59 Å². The van der Waals surface area contributed by atoms with Crippen LogP contribution in [0.25, 0.3) is 5.52 Å². The van der Waals surface area contributed by atoms with Crippen LogP contribution in [-0.2, 0) is 0 Å².